The summed E-state index contributed by atoms with van der Waals surface area (Å²) in [7, 11) is 0. The summed E-state index contributed by atoms with van der Waals surface area (Å²) in [5, 5.41) is 16.6. The highest BCUT2D eigenvalue weighted by Gasteiger charge is 2.52. The minimum Gasteiger partial charge on any atom is -0.389 e. The maximum absolute atomic E-state index is 12.4. The largest absolute Gasteiger partial charge is 0.389 e. The summed E-state index contributed by atoms with van der Waals surface area (Å²) in [4.78, 5) is 27.8. The molecule has 3 amide bonds. The fourth-order valence-corrected chi connectivity index (χ4v) is 4.14. The number of anilines is 1. The van der Waals surface area contributed by atoms with E-state index in [4.69, 9.17) is 9.47 Å². The van der Waals surface area contributed by atoms with Crippen LogP contribution in [0.2, 0.25) is 0 Å². The van der Waals surface area contributed by atoms with Gasteiger partial charge < -0.3 is 30.1 Å². The van der Waals surface area contributed by atoms with Gasteiger partial charge >= 0.3 is 6.03 Å². The van der Waals surface area contributed by atoms with E-state index in [0.717, 1.165) is 0 Å². The number of ether oxygens (including phenoxy) is 2. The van der Waals surface area contributed by atoms with E-state index in [1.165, 1.54) is 0 Å². The number of hydrogen-bond donors (Lipinski definition) is 3. The summed E-state index contributed by atoms with van der Waals surface area (Å²) in [6, 6.07) is 7.74. The van der Waals surface area contributed by atoms with Crippen molar-refractivity contribution in [1.82, 2.24) is 15.1 Å². The van der Waals surface area contributed by atoms with Gasteiger partial charge in [-0.15, -0.1) is 0 Å². The van der Waals surface area contributed by atoms with Crippen molar-refractivity contribution in [3.05, 3.63) is 30.3 Å². The first-order valence-electron chi connectivity index (χ1n) is 9.60. The van der Waals surface area contributed by atoms with Gasteiger partial charge in [0.15, 0.2) is 6.29 Å². The smallest absolute Gasteiger partial charge is 0.319 e. The predicted molar refractivity (Wildman–Crippen MR) is 101 cm³/mol. The summed E-state index contributed by atoms with van der Waals surface area (Å²) < 4.78 is 11.7. The molecule has 3 saturated heterocycles. The third-order valence-electron chi connectivity index (χ3n) is 5.64. The molecule has 0 saturated carbocycles. The van der Waals surface area contributed by atoms with Crippen molar-refractivity contribution >= 4 is 17.6 Å². The number of para-hydroxylation sites is 1. The van der Waals surface area contributed by atoms with E-state index in [0.29, 0.717) is 38.5 Å². The molecule has 4 rings (SSSR count). The molecule has 5 atom stereocenters. The van der Waals surface area contributed by atoms with E-state index in [1.54, 1.807) is 24.0 Å². The predicted octanol–water partition coefficient (Wildman–Crippen LogP) is -0.175. The molecule has 9 heteroatoms. The summed E-state index contributed by atoms with van der Waals surface area (Å²) in [5.74, 6) is 0.0504. The normalized spacial score (nSPS) is 32.8. The number of aliphatic hydroxyl groups excluding tert-OH is 1. The van der Waals surface area contributed by atoms with Crippen LogP contribution in [-0.4, -0.2) is 90.2 Å². The summed E-state index contributed by atoms with van der Waals surface area (Å²) in [6.45, 7) is 4.32. The van der Waals surface area contributed by atoms with Crippen LogP contribution < -0.4 is 10.6 Å². The third kappa shape index (κ3) is 3.83. The van der Waals surface area contributed by atoms with Crippen LogP contribution in [0.15, 0.2) is 30.3 Å². The Balaban J connectivity index is 1.41. The number of nitrogens with zero attached hydrogens (tertiary/aromatic N) is 2. The second kappa shape index (κ2) is 8.04. The molecule has 28 heavy (non-hydrogen) atoms. The number of piperazine rings is 1. The van der Waals surface area contributed by atoms with Gasteiger partial charge in [-0.05, 0) is 12.1 Å². The maximum Gasteiger partial charge on any atom is 0.319 e. The number of amides is 3. The molecule has 2 bridgehead atoms. The average Bonchev–Trinajstić information content (AvgIpc) is 3.12. The zero-order chi connectivity index (χ0) is 19.7. The van der Waals surface area contributed by atoms with Gasteiger partial charge in [0, 0.05) is 38.8 Å². The number of aliphatic hydroxyl groups is 1. The number of urea groups is 1. The first-order chi connectivity index (χ1) is 13.5. The molecule has 3 N–H and O–H groups in total. The number of carbonyl (C=O) groups excluding carboxylic acids is 2. The number of hydrogen-bond acceptors (Lipinski definition) is 6. The number of rotatable bonds is 3. The zero-order valence-corrected chi connectivity index (χ0v) is 15.8. The number of carbonyl (C=O) groups is 2. The lowest BCUT2D eigenvalue weighted by Crippen LogP contribution is -2.67. The molecule has 152 valence electrons. The molecule has 0 radical (unpaired) electrons. The molecule has 0 aliphatic carbocycles. The van der Waals surface area contributed by atoms with Crippen molar-refractivity contribution in [2.45, 2.75) is 37.5 Å². The number of benzene rings is 1. The van der Waals surface area contributed by atoms with Crippen molar-refractivity contribution < 1.29 is 24.2 Å². The third-order valence-corrected chi connectivity index (χ3v) is 5.64. The van der Waals surface area contributed by atoms with E-state index in [2.05, 4.69) is 15.5 Å². The lowest BCUT2D eigenvalue weighted by molar-refractivity contribution is -0.185. The lowest BCUT2D eigenvalue weighted by Gasteiger charge is -2.46. The molecule has 3 aliphatic rings. The molecule has 1 aromatic rings. The molecule has 3 heterocycles. The van der Waals surface area contributed by atoms with E-state index in [1.807, 2.05) is 18.2 Å². The molecule has 9 nitrogen and oxygen atoms in total. The first-order valence-corrected chi connectivity index (χ1v) is 9.60. The molecular formula is C19H26N4O5. The Morgan fingerprint density at radius 2 is 1.86 bits per heavy atom. The maximum atomic E-state index is 12.4. The van der Waals surface area contributed by atoms with Crippen LogP contribution in [0.5, 0.6) is 0 Å². The highest BCUT2D eigenvalue weighted by atomic mass is 16.7. The van der Waals surface area contributed by atoms with Crippen molar-refractivity contribution in [3.63, 3.8) is 0 Å². The van der Waals surface area contributed by atoms with Crippen LogP contribution in [0.1, 0.15) is 6.92 Å². The second-order valence-electron chi connectivity index (χ2n) is 7.39. The van der Waals surface area contributed by atoms with Crippen LogP contribution in [0.25, 0.3) is 0 Å². The highest BCUT2D eigenvalue weighted by Crippen LogP contribution is 2.32. The highest BCUT2D eigenvalue weighted by molar-refractivity contribution is 5.89. The Kier molecular flexibility index (Phi) is 5.49. The molecule has 0 unspecified atom stereocenters. The van der Waals surface area contributed by atoms with Gasteiger partial charge in [-0.1, -0.05) is 18.2 Å². The Morgan fingerprint density at radius 3 is 2.54 bits per heavy atom. The lowest BCUT2D eigenvalue weighted by atomic mass is 9.94. The van der Waals surface area contributed by atoms with Gasteiger partial charge in [0.2, 0.25) is 5.91 Å². The van der Waals surface area contributed by atoms with Crippen molar-refractivity contribution in [1.29, 1.82) is 0 Å². The summed E-state index contributed by atoms with van der Waals surface area (Å²) in [5.41, 5.74) is 0.670. The molecular weight excluding hydrogens is 364 g/mol. The Hall–Kier alpha value is -2.20. The van der Waals surface area contributed by atoms with Gasteiger partial charge in [0.05, 0.1) is 24.8 Å². The first kappa shape index (κ1) is 19.1. The van der Waals surface area contributed by atoms with Gasteiger partial charge in [-0.2, -0.15) is 0 Å². The molecule has 1 aromatic carbocycles. The molecule has 3 aliphatic heterocycles. The van der Waals surface area contributed by atoms with Crippen LogP contribution in [-0.2, 0) is 14.3 Å². The van der Waals surface area contributed by atoms with Gasteiger partial charge in [-0.25, -0.2) is 4.79 Å². The minimum absolute atomic E-state index is 0.0504. The summed E-state index contributed by atoms with van der Waals surface area (Å²) in [6.07, 6.45) is -1.76. The van der Waals surface area contributed by atoms with E-state index in [-0.39, 0.29) is 5.91 Å². The number of nitrogens with one attached hydrogen (secondary N) is 2. The molecule has 0 aromatic heterocycles. The minimum atomic E-state index is -0.836. The van der Waals surface area contributed by atoms with Crippen LogP contribution in [0.3, 0.4) is 0 Å². The van der Waals surface area contributed by atoms with E-state index < -0.39 is 36.6 Å². The fourth-order valence-electron chi connectivity index (χ4n) is 4.14. The fraction of sp³-hybridized carbons (Fsp3) is 0.579. The quantitative estimate of drug-likeness (QED) is 0.662. The van der Waals surface area contributed by atoms with Gasteiger partial charge in [0.25, 0.3) is 0 Å². The standard InChI is InChI=1S/C19H26N4O5/c1-12(24)22-7-9-23(10-8-22)16-17(25)15(14-11-27-18(16)28-14)21-19(26)20-13-5-3-2-4-6-13/h2-6,14-18,25H,7-11H2,1H3,(H2,20,21,26)/t14-,15-,16-,17+,18-/m1/s1. The van der Waals surface area contributed by atoms with Crippen molar-refractivity contribution in [2.75, 3.05) is 38.1 Å². The van der Waals surface area contributed by atoms with Crippen LogP contribution in [0, 0.1) is 0 Å². The molecule has 3 fully saturated rings. The van der Waals surface area contributed by atoms with Gasteiger partial charge in [0.1, 0.15) is 6.10 Å². The zero-order valence-electron chi connectivity index (χ0n) is 15.8. The Bertz CT molecular complexity index is 710. The van der Waals surface area contributed by atoms with Crippen LogP contribution >= 0.6 is 0 Å². The summed E-state index contributed by atoms with van der Waals surface area (Å²) >= 11 is 0. The Morgan fingerprint density at radius 1 is 1.14 bits per heavy atom. The van der Waals surface area contributed by atoms with E-state index in [9.17, 15) is 14.7 Å². The van der Waals surface area contributed by atoms with Gasteiger partial charge in [-0.3, -0.25) is 9.69 Å². The van der Waals surface area contributed by atoms with Crippen molar-refractivity contribution in [2.24, 2.45) is 0 Å². The van der Waals surface area contributed by atoms with Crippen molar-refractivity contribution in [3.8, 4) is 0 Å². The number of fused-ring (bicyclic) bond motifs is 2. The van der Waals surface area contributed by atoms with E-state index >= 15 is 0 Å². The SMILES string of the molecule is CC(=O)N1CCN([C@H]2[C@@H]3OC[C@@H](O3)[C@@H](NC(=O)Nc3ccccc3)[C@@H]2O)CC1. The van der Waals surface area contributed by atoms with Crippen LogP contribution in [0.4, 0.5) is 10.5 Å². The monoisotopic (exact) mass is 390 g/mol. The second-order valence-corrected chi connectivity index (χ2v) is 7.39. The average molecular weight is 390 g/mol. The molecule has 0 spiro atoms. The topological polar surface area (TPSA) is 103 Å². The Labute approximate surface area is 163 Å².